The molecule has 122 valence electrons. The number of nitrogens with zero attached hydrogens (tertiary/aromatic N) is 2. The first-order chi connectivity index (χ1) is 11.6. The van der Waals surface area contributed by atoms with E-state index in [0.29, 0.717) is 18.7 Å². The van der Waals surface area contributed by atoms with Crippen molar-refractivity contribution in [2.45, 2.75) is 19.1 Å². The molecule has 0 aliphatic rings. The molecule has 2 rings (SSSR count). The quantitative estimate of drug-likeness (QED) is 0.797. The molecule has 1 amide bonds. The molecule has 1 unspecified atom stereocenters. The number of nitriles is 1. The number of amides is 1. The number of aliphatic hydroxyl groups is 1. The summed E-state index contributed by atoms with van der Waals surface area (Å²) in [7, 11) is 0. The molecule has 0 aromatic heterocycles. The number of rotatable bonds is 7. The molecule has 0 spiro atoms. The van der Waals surface area contributed by atoms with E-state index in [1.165, 1.54) is 0 Å². The maximum Gasteiger partial charge on any atom is 0.226 e. The van der Waals surface area contributed by atoms with Gasteiger partial charge in [-0.2, -0.15) is 5.26 Å². The van der Waals surface area contributed by atoms with Crippen LogP contribution in [0, 0.1) is 11.3 Å². The lowest BCUT2D eigenvalue weighted by Gasteiger charge is -2.23. The van der Waals surface area contributed by atoms with Crippen molar-refractivity contribution in [3.05, 3.63) is 83.9 Å². The monoisotopic (exact) mass is 320 g/mol. The van der Waals surface area contributed by atoms with Gasteiger partial charge in [0.1, 0.15) is 0 Å². The predicted octanol–water partition coefficient (Wildman–Crippen LogP) is 3.20. The highest BCUT2D eigenvalue weighted by atomic mass is 16.3. The first kappa shape index (κ1) is 17.5. The van der Waals surface area contributed by atoms with Gasteiger partial charge in [0.15, 0.2) is 0 Å². The van der Waals surface area contributed by atoms with Crippen LogP contribution in [-0.2, 0) is 11.3 Å². The summed E-state index contributed by atoms with van der Waals surface area (Å²) in [6.45, 7) is 4.45. The van der Waals surface area contributed by atoms with Gasteiger partial charge in [0.2, 0.25) is 5.91 Å². The van der Waals surface area contributed by atoms with Crippen LogP contribution in [0.5, 0.6) is 0 Å². The molecular weight excluding hydrogens is 300 g/mol. The van der Waals surface area contributed by atoms with Gasteiger partial charge in [-0.05, 0) is 23.3 Å². The van der Waals surface area contributed by atoms with Gasteiger partial charge in [-0.3, -0.25) is 4.79 Å². The fourth-order valence-electron chi connectivity index (χ4n) is 2.46. The molecular formula is C20H20N2O2. The minimum Gasteiger partial charge on any atom is -0.388 e. The minimum atomic E-state index is -0.837. The minimum absolute atomic E-state index is 0.00972. The molecule has 0 radical (unpaired) electrons. The molecule has 0 aliphatic carbocycles. The van der Waals surface area contributed by atoms with E-state index >= 15 is 0 Å². The Bertz CT molecular complexity index is 735. The van der Waals surface area contributed by atoms with Crippen LogP contribution in [0.4, 0.5) is 0 Å². The SMILES string of the molecule is C=CCN(Cc1cccc(C#N)c1)C(=O)CC(O)c1ccccc1. The van der Waals surface area contributed by atoms with Gasteiger partial charge in [-0.1, -0.05) is 48.5 Å². The Hall–Kier alpha value is -2.90. The standard InChI is InChI=1S/C20H20N2O2/c1-2-11-22(15-17-8-6-7-16(12-17)14-21)20(24)13-19(23)18-9-4-3-5-10-18/h2-10,12,19,23H,1,11,13,15H2. The second-order valence-electron chi connectivity index (χ2n) is 5.51. The lowest BCUT2D eigenvalue weighted by Crippen LogP contribution is -2.31. The highest BCUT2D eigenvalue weighted by Gasteiger charge is 2.18. The highest BCUT2D eigenvalue weighted by molar-refractivity contribution is 5.77. The van der Waals surface area contributed by atoms with Crippen molar-refractivity contribution in [1.29, 1.82) is 5.26 Å². The predicted molar refractivity (Wildman–Crippen MR) is 92.8 cm³/mol. The molecule has 1 N–H and O–H groups in total. The van der Waals surface area contributed by atoms with Crippen molar-refractivity contribution in [1.82, 2.24) is 4.90 Å². The Balaban J connectivity index is 2.07. The maximum atomic E-state index is 12.5. The summed E-state index contributed by atoms with van der Waals surface area (Å²) >= 11 is 0. The van der Waals surface area contributed by atoms with Crippen molar-refractivity contribution in [2.24, 2.45) is 0 Å². The number of carbonyl (C=O) groups excluding carboxylic acids is 1. The highest BCUT2D eigenvalue weighted by Crippen LogP contribution is 2.18. The van der Waals surface area contributed by atoms with Gasteiger partial charge >= 0.3 is 0 Å². The molecule has 0 heterocycles. The Morgan fingerprint density at radius 2 is 2.00 bits per heavy atom. The smallest absolute Gasteiger partial charge is 0.226 e. The van der Waals surface area contributed by atoms with E-state index in [4.69, 9.17) is 5.26 Å². The fraction of sp³-hybridized carbons (Fsp3) is 0.200. The van der Waals surface area contributed by atoms with E-state index in [1.807, 2.05) is 24.3 Å². The third-order valence-electron chi connectivity index (χ3n) is 3.68. The molecule has 24 heavy (non-hydrogen) atoms. The summed E-state index contributed by atoms with van der Waals surface area (Å²) in [4.78, 5) is 14.1. The number of hydrogen-bond acceptors (Lipinski definition) is 3. The maximum absolute atomic E-state index is 12.5. The zero-order valence-electron chi connectivity index (χ0n) is 13.4. The third kappa shape index (κ3) is 4.80. The third-order valence-corrected chi connectivity index (χ3v) is 3.68. The summed E-state index contributed by atoms with van der Waals surface area (Å²) in [6, 6.07) is 18.4. The van der Waals surface area contributed by atoms with E-state index in [2.05, 4.69) is 12.6 Å². The Kier molecular flexibility index (Phi) is 6.30. The molecule has 1 atom stereocenters. The van der Waals surface area contributed by atoms with Crippen LogP contribution >= 0.6 is 0 Å². The zero-order chi connectivity index (χ0) is 17.4. The van der Waals surface area contributed by atoms with Crippen molar-refractivity contribution >= 4 is 5.91 Å². The topological polar surface area (TPSA) is 64.3 Å². The number of aliphatic hydroxyl groups excluding tert-OH is 1. The molecule has 4 heteroatoms. The van der Waals surface area contributed by atoms with Gasteiger partial charge in [0, 0.05) is 13.1 Å². The summed E-state index contributed by atoms with van der Waals surface area (Å²) in [5, 5.41) is 19.2. The molecule has 2 aromatic carbocycles. The van der Waals surface area contributed by atoms with E-state index in [0.717, 1.165) is 11.1 Å². The van der Waals surface area contributed by atoms with E-state index < -0.39 is 6.10 Å². The van der Waals surface area contributed by atoms with Gasteiger partial charge in [0.25, 0.3) is 0 Å². The van der Waals surface area contributed by atoms with Crippen molar-refractivity contribution in [3.63, 3.8) is 0 Å². The number of hydrogen-bond donors (Lipinski definition) is 1. The average Bonchev–Trinajstić information content (AvgIpc) is 2.62. The van der Waals surface area contributed by atoms with Crippen LogP contribution in [0.2, 0.25) is 0 Å². The molecule has 0 saturated carbocycles. The molecule has 0 fully saturated rings. The summed E-state index contributed by atoms with van der Waals surface area (Å²) in [6.07, 6.45) is 0.827. The van der Waals surface area contributed by atoms with Crippen LogP contribution in [0.15, 0.2) is 67.3 Å². The van der Waals surface area contributed by atoms with Crippen LogP contribution in [0.1, 0.15) is 29.2 Å². The van der Waals surface area contributed by atoms with Gasteiger partial charge in [-0.25, -0.2) is 0 Å². The second kappa shape index (κ2) is 8.66. The second-order valence-corrected chi connectivity index (χ2v) is 5.51. The Morgan fingerprint density at radius 3 is 2.67 bits per heavy atom. The van der Waals surface area contributed by atoms with Gasteiger partial charge < -0.3 is 10.0 Å². The molecule has 0 aliphatic heterocycles. The Labute approximate surface area is 142 Å². The van der Waals surface area contributed by atoms with Gasteiger partial charge in [-0.15, -0.1) is 6.58 Å². The van der Waals surface area contributed by atoms with Gasteiger partial charge in [0.05, 0.1) is 24.2 Å². The van der Waals surface area contributed by atoms with E-state index in [-0.39, 0.29) is 12.3 Å². The van der Waals surface area contributed by atoms with Crippen LogP contribution in [0.25, 0.3) is 0 Å². The first-order valence-corrected chi connectivity index (χ1v) is 7.74. The summed E-state index contributed by atoms with van der Waals surface area (Å²) in [5.41, 5.74) is 2.15. The summed E-state index contributed by atoms with van der Waals surface area (Å²) < 4.78 is 0. The first-order valence-electron chi connectivity index (χ1n) is 7.74. The largest absolute Gasteiger partial charge is 0.388 e. The lowest BCUT2D eigenvalue weighted by molar-refractivity contribution is -0.133. The van der Waals surface area contributed by atoms with Crippen LogP contribution < -0.4 is 0 Å². The normalized spacial score (nSPS) is 11.3. The lowest BCUT2D eigenvalue weighted by atomic mass is 10.1. The van der Waals surface area contributed by atoms with E-state index in [9.17, 15) is 9.90 Å². The fourth-order valence-corrected chi connectivity index (χ4v) is 2.46. The average molecular weight is 320 g/mol. The molecule has 0 bridgehead atoms. The molecule has 0 saturated heterocycles. The molecule has 2 aromatic rings. The number of benzene rings is 2. The van der Waals surface area contributed by atoms with Crippen LogP contribution in [0.3, 0.4) is 0 Å². The Morgan fingerprint density at radius 1 is 1.25 bits per heavy atom. The van der Waals surface area contributed by atoms with E-state index in [1.54, 1.807) is 41.3 Å². The number of carbonyl (C=O) groups is 1. The van der Waals surface area contributed by atoms with Crippen molar-refractivity contribution in [2.75, 3.05) is 6.54 Å². The van der Waals surface area contributed by atoms with Crippen LogP contribution in [-0.4, -0.2) is 22.5 Å². The van der Waals surface area contributed by atoms with Crippen molar-refractivity contribution in [3.8, 4) is 6.07 Å². The van der Waals surface area contributed by atoms with Crippen molar-refractivity contribution < 1.29 is 9.90 Å². The molecule has 4 nitrogen and oxygen atoms in total. The summed E-state index contributed by atoms with van der Waals surface area (Å²) in [5.74, 6) is -0.159. The zero-order valence-corrected chi connectivity index (χ0v) is 13.4.